The quantitative estimate of drug-likeness (QED) is 0.395. The second kappa shape index (κ2) is 16.8. The average molecular weight is 244 g/mol. The monoisotopic (exact) mass is 244 g/mol. The maximum atomic E-state index is 4.43. The third-order valence-electron chi connectivity index (χ3n) is 1.51. The Morgan fingerprint density at radius 3 is 2.00 bits per heavy atom. The van der Waals surface area contributed by atoms with Crippen molar-refractivity contribution in [1.29, 1.82) is 0 Å². The van der Waals surface area contributed by atoms with Crippen LogP contribution < -0.4 is 0 Å². The van der Waals surface area contributed by atoms with E-state index in [9.17, 15) is 0 Å². The Kier molecular flexibility index (Phi) is 27.4. The number of hydrogen-bond donors (Lipinski definition) is 0. The van der Waals surface area contributed by atoms with Crippen molar-refractivity contribution >= 4 is 5.84 Å². The maximum absolute atomic E-state index is 4.43. The van der Waals surface area contributed by atoms with Crippen LogP contribution >= 0.6 is 0 Å². The predicted octanol–water partition coefficient (Wildman–Crippen LogP) is 4.13. The molecule has 0 heterocycles. The second-order valence-corrected chi connectivity index (χ2v) is 3.28. The third-order valence-corrected chi connectivity index (χ3v) is 1.51. The van der Waals surface area contributed by atoms with Crippen molar-refractivity contribution in [1.82, 2.24) is 0 Å². The summed E-state index contributed by atoms with van der Waals surface area (Å²) in [4.78, 5) is 4.43. The molecule has 0 N–H and O–H groups in total. The Morgan fingerprint density at radius 2 is 1.67 bits per heavy atom. The molecule has 0 atom stereocenters. The summed E-state index contributed by atoms with van der Waals surface area (Å²) in [6.45, 7) is 10.4. The van der Waals surface area contributed by atoms with Crippen LogP contribution in [0.2, 0.25) is 0 Å². The predicted molar refractivity (Wildman–Crippen MR) is 68.8 cm³/mol. The van der Waals surface area contributed by atoms with E-state index in [1.807, 2.05) is 0 Å². The van der Waals surface area contributed by atoms with E-state index in [2.05, 4.69) is 38.0 Å². The Labute approximate surface area is 116 Å². The number of aliphatic imine (C=N–C) groups is 1. The van der Waals surface area contributed by atoms with Crippen LogP contribution in [-0.2, 0) is 25.8 Å². The summed E-state index contributed by atoms with van der Waals surface area (Å²) in [6, 6.07) is 0. The summed E-state index contributed by atoms with van der Waals surface area (Å²) in [5.74, 6) is 1.52. The first-order valence-electron chi connectivity index (χ1n) is 4.94. The van der Waals surface area contributed by atoms with Crippen molar-refractivity contribution in [2.24, 2.45) is 10.9 Å². The van der Waals surface area contributed by atoms with Crippen molar-refractivity contribution in [3.05, 3.63) is 20.2 Å². The van der Waals surface area contributed by atoms with E-state index in [0.717, 1.165) is 31.8 Å². The summed E-state index contributed by atoms with van der Waals surface area (Å²) in [5.41, 5.74) is 0. The molecule has 0 fully saturated rings. The Bertz CT molecular complexity index is 134. The first kappa shape index (κ1) is 24.5. The van der Waals surface area contributed by atoms with Gasteiger partial charge in [-0.25, -0.2) is 0 Å². The Morgan fingerprint density at radius 1 is 1.13 bits per heavy atom. The molecule has 0 bridgehead atoms. The molecule has 0 unspecified atom stereocenters. The normalized spacial score (nSPS) is 9.80. The molecule has 0 aromatic heterocycles. The number of nitrogens with zero attached hydrogens (tertiary/aromatic N) is 2. The fourth-order valence-electron chi connectivity index (χ4n) is 0.868. The van der Waals surface area contributed by atoms with Gasteiger partial charge in [0.15, 0.2) is 0 Å². The zero-order valence-electron chi connectivity index (χ0n) is 11.4. The maximum Gasteiger partial charge on any atom is 0 e. The molecule has 0 saturated heterocycles. The van der Waals surface area contributed by atoms with Gasteiger partial charge in [-0.15, -0.1) is 0 Å². The molecule has 2 nitrogen and oxygen atoms in total. The van der Waals surface area contributed by atoms with Crippen LogP contribution in [0.15, 0.2) is 4.99 Å². The minimum Gasteiger partial charge on any atom is -0.469 e. The van der Waals surface area contributed by atoms with Gasteiger partial charge in [-0.2, -0.15) is 0 Å². The smallest absolute Gasteiger partial charge is 0 e. The van der Waals surface area contributed by atoms with Crippen molar-refractivity contribution in [3.8, 4) is 0 Å². The van der Waals surface area contributed by atoms with Crippen LogP contribution in [0.3, 0.4) is 0 Å². The van der Waals surface area contributed by atoms with Crippen molar-refractivity contribution in [2.45, 2.75) is 40.5 Å². The van der Waals surface area contributed by atoms with Crippen LogP contribution in [0, 0.1) is 20.8 Å². The van der Waals surface area contributed by atoms with Gasteiger partial charge >= 0.3 is 0 Å². The molecule has 0 aliphatic rings. The SMILES string of the molecule is CCCN=C([N-]CCC)C(C)C.[CH3-].[CH3-].[Sc]. The summed E-state index contributed by atoms with van der Waals surface area (Å²) < 4.78 is 0. The van der Waals surface area contributed by atoms with E-state index in [4.69, 9.17) is 0 Å². The van der Waals surface area contributed by atoms with Gasteiger partial charge in [0, 0.05) is 25.8 Å². The van der Waals surface area contributed by atoms with Gasteiger partial charge in [-0.3, -0.25) is 0 Å². The Hall–Kier alpha value is 0.340. The van der Waals surface area contributed by atoms with Gasteiger partial charge in [0.25, 0.3) is 0 Å². The van der Waals surface area contributed by atoms with Gasteiger partial charge in [0.05, 0.1) is 0 Å². The van der Waals surface area contributed by atoms with Gasteiger partial charge in [-0.05, 0) is 5.92 Å². The minimum absolute atomic E-state index is 0. The molecule has 0 aromatic carbocycles. The van der Waals surface area contributed by atoms with Gasteiger partial charge in [-0.1, -0.05) is 59.5 Å². The molecule has 3 heteroatoms. The largest absolute Gasteiger partial charge is 0.469 e. The topological polar surface area (TPSA) is 26.5 Å². The zero-order valence-corrected chi connectivity index (χ0v) is 13.2. The molecule has 0 aliphatic heterocycles. The van der Waals surface area contributed by atoms with Gasteiger partial charge < -0.3 is 25.2 Å². The average Bonchev–Trinajstić information content (AvgIpc) is 2.04. The fraction of sp³-hybridized carbons (Fsp3) is 0.750. The minimum atomic E-state index is 0. The molecular weight excluding hydrogens is 217 g/mol. The van der Waals surface area contributed by atoms with Crippen LogP contribution in [0.1, 0.15) is 40.5 Å². The second-order valence-electron chi connectivity index (χ2n) is 3.28. The summed E-state index contributed by atoms with van der Waals surface area (Å²) in [7, 11) is 0. The fourth-order valence-corrected chi connectivity index (χ4v) is 0.868. The molecule has 0 rings (SSSR count). The van der Waals surface area contributed by atoms with E-state index < -0.39 is 0 Å². The van der Waals surface area contributed by atoms with E-state index in [1.54, 1.807) is 0 Å². The van der Waals surface area contributed by atoms with E-state index in [-0.39, 0.29) is 40.7 Å². The van der Waals surface area contributed by atoms with Crippen LogP contribution in [0.5, 0.6) is 0 Å². The van der Waals surface area contributed by atoms with Crippen LogP contribution in [0.4, 0.5) is 0 Å². The molecule has 15 heavy (non-hydrogen) atoms. The zero-order chi connectivity index (χ0) is 9.40. The molecule has 91 valence electrons. The summed E-state index contributed by atoms with van der Waals surface area (Å²) >= 11 is 0. The number of amidine groups is 1. The molecule has 0 spiro atoms. The standard InChI is InChI=1S/C10H21N2.2CH3.Sc/c1-5-7-11-10(9(3)4)12-8-6-2;;;/h9H,5-8H2,1-4H3;2*1H3;/q3*-1;. The van der Waals surface area contributed by atoms with Crippen molar-refractivity contribution in [2.75, 3.05) is 13.1 Å². The first-order chi connectivity index (χ1) is 5.72. The van der Waals surface area contributed by atoms with E-state index >= 15 is 0 Å². The van der Waals surface area contributed by atoms with E-state index in [1.165, 1.54) is 0 Å². The molecule has 0 saturated carbocycles. The van der Waals surface area contributed by atoms with Crippen molar-refractivity contribution in [3.63, 3.8) is 0 Å². The molecule has 1 radical (unpaired) electrons. The first-order valence-corrected chi connectivity index (χ1v) is 4.94. The molecular formula is C12H27N2Sc-3. The molecule has 0 aromatic rings. The molecule has 0 amide bonds. The third kappa shape index (κ3) is 14.3. The van der Waals surface area contributed by atoms with E-state index in [0.29, 0.717) is 5.92 Å². The number of hydrogen-bond acceptors (Lipinski definition) is 1. The van der Waals surface area contributed by atoms with Gasteiger partial charge in [0.1, 0.15) is 0 Å². The van der Waals surface area contributed by atoms with Crippen molar-refractivity contribution < 1.29 is 25.8 Å². The summed E-state index contributed by atoms with van der Waals surface area (Å²) in [5, 5.41) is 4.43. The molecule has 0 aliphatic carbocycles. The van der Waals surface area contributed by atoms with Crippen LogP contribution in [0.25, 0.3) is 5.32 Å². The summed E-state index contributed by atoms with van der Waals surface area (Å²) in [6.07, 6.45) is 2.22. The number of rotatable bonds is 5. The van der Waals surface area contributed by atoms with Crippen LogP contribution in [-0.4, -0.2) is 18.9 Å². The Balaban J connectivity index is -0.000000202. The van der Waals surface area contributed by atoms with Gasteiger partial charge in [0.2, 0.25) is 0 Å².